The molecular formula is C17H23NO3S. The second kappa shape index (κ2) is 7.18. The smallest absolute Gasteiger partial charge is 0.309 e. The fraction of sp³-hybridized carbons (Fsp3) is 0.529. The maximum absolute atomic E-state index is 11.9. The van der Waals surface area contributed by atoms with Crippen molar-refractivity contribution in [3.63, 3.8) is 0 Å². The van der Waals surface area contributed by atoms with Gasteiger partial charge in [0.05, 0.1) is 5.41 Å². The number of hydrogen-bond donors (Lipinski definition) is 2. The summed E-state index contributed by atoms with van der Waals surface area (Å²) in [5, 5.41) is 12.5. The molecule has 0 unspecified atom stereocenters. The number of rotatable bonds is 6. The van der Waals surface area contributed by atoms with E-state index in [9.17, 15) is 9.59 Å². The molecule has 0 saturated heterocycles. The fourth-order valence-electron chi connectivity index (χ4n) is 2.50. The molecular weight excluding hydrogens is 298 g/mol. The molecule has 5 heteroatoms. The van der Waals surface area contributed by atoms with E-state index in [-0.39, 0.29) is 12.3 Å². The van der Waals surface area contributed by atoms with E-state index in [2.05, 4.69) is 5.32 Å². The fourth-order valence-corrected chi connectivity index (χ4v) is 3.74. The number of carboxylic acids is 1. The average molecular weight is 321 g/mol. The standard InChI is InChI=1S/C17H23NO3S/c1-17(2,16(20)21)11-15(19)18-12-7-9-14(10-8-12)22-13-5-3-4-6-13/h7-10,13H,3-6,11H2,1-2H3,(H,18,19)(H,20,21). The summed E-state index contributed by atoms with van der Waals surface area (Å²) in [4.78, 5) is 24.2. The molecule has 2 rings (SSSR count). The molecule has 120 valence electrons. The normalized spacial score (nSPS) is 15.7. The number of hydrogen-bond acceptors (Lipinski definition) is 3. The second-order valence-electron chi connectivity index (χ2n) is 6.46. The van der Waals surface area contributed by atoms with Gasteiger partial charge in [-0.25, -0.2) is 0 Å². The quantitative estimate of drug-likeness (QED) is 0.825. The number of aliphatic carboxylic acids is 1. The molecule has 1 aliphatic carbocycles. The Morgan fingerprint density at radius 1 is 1.23 bits per heavy atom. The van der Waals surface area contributed by atoms with E-state index < -0.39 is 11.4 Å². The maximum atomic E-state index is 11.9. The lowest BCUT2D eigenvalue weighted by Gasteiger charge is -2.18. The summed E-state index contributed by atoms with van der Waals surface area (Å²) >= 11 is 1.90. The van der Waals surface area contributed by atoms with E-state index in [0.29, 0.717) is 5.69 Å². The number of nitrogens with one attached hydrogen (secondary N) is 1. The lowest BCUT2D eigenvalue weighted by molar-refractivity contribution is -0.148. The zero-order valence-electron chi connectivity index (χ0n) is 13.1. The van der Waals surface area contributed by atoms with E-state index >= 15 is 0 Å². The molecule has 0 atom stereocenters. The van der Waals surface area contributed by atoms with Gasteiger partial charge in [0.1, 0.15) is 0 Å². The van der Waals surface area contributed by atoms with E-state index in [1.54, 1.807) is 13.8 Å². The number of benzene rings is 1. The van der Waals surface area contributed by atoms with Crippen LogP contribution in [0.15, 0.2) is 29.2 Å². The van der Waals surface area contributed by atoms with Crippen LogP contribution in [0.3, 0.4) is 0 Å². The Hall–Kier alpha value is -1.49. The Kier molecular flexibility index (Phi) is 5.51. The van der Waals surface area contributed by atoms with Gasteiger partial charge in [0.15, 0.2) is 0 Å². The minimum Gasteiger partial charge on any atom is -0.481 e. The van der Waals surface area contributed by atoms with Gasteiger partial charge in [-0.05, 0) is 51.0 Å². The zero-order valence-corrected chi connectivity index (χ0v) is 13.9. The van der Waals surface area contributed by atoms with Gasteiger partial charge < -0.3 is 10.4 Å². The summed E-state index contributed by atoms with van der Waals surface area (Å²) in [6.45, 7) is 3.10. The first kappa shape index (κ1) is 16.9. The van der Waals surface area contributed by atoms with Gasteiger partial charge in [0.2, 0.25) is 5.91 Å². The van der Waals surface area contributed by atoms with Crippen LogP contribution in [0.4, 0.5) is 5.69 Å². The topological polar surface area (TPSA) is 66.4 Å². The summed E-state index contributed by atoms with van der Waals surface area (Å²) in [6, 6.07) is 7.79. The third kappa shape index (κ3) is 4.77. The second-order valence-corrected chi connectivity index (χ2v) is 7.84. The van der Waals surface area contributed by atoms with Gasteiger partial charge in [-0.1, -0.05) is 12.8 Å². The van der Waals surface area contributed by atoms with Crippen molar-refractivity contribution in [3.05, 3.63) is 24.3 Å². The molecule has 0 spiro atoms. The minimum absolute atomic E-state index is 0.0408. The monoisotopic (exact) mass is 321 g/mol. The van der Waals surface area contributed by atoms with Crippen LogP contribution in [0.5, 0.6) is 0 Å². The van der Waals surface area contributed by atoms with Crippen LogP contribution in [-0.4, -0.2) is 22.2 Å². The van der Waals surface area contributed by atoms with Crippen LogP contribution < -0.4 is 5.32 Å². The van der Waals surface area contributed by atoms with Gasteiger partial charge in [0.25, 0.3) is 0 Å². The van der Waals surface area contributed by atoms with Crippen LogP contribution in [0.1, 0.15) is 46.0 Å². The molecule has 22 heavy (non-hydrogen) atoms. The van der Waals surface area contributed by atoms with Gasteiger partial charge in [-0.3, -0.25) is 9.59 Å². The molecule has 1 aromatic carbocycles. The number of carboxylic acid groups (broad SMARTS) is 1. The first-order chi connectivity index (χ1) is 10.4. The summed E-state index contributed by atoms with van der Waals surface area (Å²) < 4.78 is 0. The highest BCUT2D eigenvalue weighted by molar-refractivity contribution is 8.00. The Balaban J connectivity index is 1.87. The summed E-state index contributed by atoms with van der Waals surface area (Å²) in [5.41, 5.74) is -0.343. The first-order valence-corrected chi connectivity index (χ1v) is 8.55. The summed E-state index contributed by atoms with van der Waals surface area (Å²) in [7, 11) is 0. The van der Waals surface area contributed by atoms with Crippen LogP contribution >= 0.6 is 11.8 Å². The van der Waals surface area contributed by atoms with E-state index in [1.807, 2.05) is 36.0 Å². The summed E-state index contributed by atoms with van der Waals surface area (Å²) in [6.07, 6.45) is 5.18. The molecule has 0 radical (unpaired) electrons. The van der Waals surface area contributed by atoms with Crippen molar-refractivity contribution in [1.82, 2.24) is 0 Å². The largest absolute Gasteiger partial charge is 0.481 e. The van der Waals surface area contributed by atoms with Crippen LogP contribution in [0, 0.1) is 5.41 Å². The average Bonchev–Trinajstić information content (AvgIpc) is 2.93. The van der Waals surface area contributed by atoms with E-state index in [1.165, 1.54) is 30.6 Å². The molecule has 1 fully saturated rings. The van der Waals surface area contributed by atoms with Crippen molar-refractivity contribution >= 4 is 29.3 Å². The van der Waals surface area contributed by atoms with Gasteiger partial charge in [0, 0.05) is 22.3 Å². The van der Waals surface area contributed by atoms with E-state index in [4.69, 9.17) is 5.11 Å². The highest BCUT2D eigenvalue weighted by atomic mass is 32.2. The SMILES string of the molecule is CC(C)(CC(=O)Nc1ccc(SC2CCCC2)cc1)C(=O)O. The molecule has 0 heterocycles. The molecule has 0 bridgehead atoms. The molecule has 0 aliphatic heterocycles. The van der Waals surface area contributed by atoms with Gasteiger partial charge >= 0.3 is 5.97 Å². The molecule has 1 aromatic rings. The Bertz CT molecular complexity index is 533. The third-order valence-corrected chi connectivity index (χ3v) is 5.27. The molecule has 0 aromatic heterocycles. The van der Waals surface area contributed by atoms with Crippen LogP contribution in [0.2, 0.25) is 0 Å². The molecule has 1 amide bonds. The Morgan fingerprint density at radius 2 is 1.82 bits per heavy atom. The number of amides is 1. The Labute approximate surface area is 135 Å². The van der Waals surface area contributed by atoms with Crippen molar-refractivity contribution < 1.29 is 14.7 Å². The van der Waals surface area contributed by atoms with Crippen LogP contribution in [0.25, 0.3) is 0 Å². The number of carbonyl (C=O) groups is 2. The molecule has 2 N–H and O–H groups in total. The predicted molar refractivity (Wildman–Crippen MR) is 89.2 cm³/mol. The first-order valence-electron chi connectivity index (χ1n) is 7.67. The summed E-state index contributed by atoms with van der Waals surface area (Å²) in [5.74, 6) is -1.24. The van der Waals surface area contributed by atoms with Crippen LogP contribution in [-0.2, 0) is 9.59 Å². The highest BCUT2D eigenvalue weighted by Crippen LogP contribution is 2.35. The Morgan fingerprint density at radius 3 is 2.36 bits per heavy atom. The molecule has 1 aliphatic rings. The predicted octanol–water partition coefficient (Wildman–Crippen LogP) is 4.16. The van der Waals surface area contributed by atoms with Crippen molar-refractivity contribution in [2.24, 2.45) is 5.41 Å². The molecule has 1 saturated carbocycles. The molecule has 4 nitrogen and oxygen atoms in total. The van der Waals surface area contributed by atoms with Crippen molar-refractivity contribution in [2.75, 3.05) is 5.32 Å². The van der Waals surface area contributed by atoms with E-state index in [0.717, 1.165) is 5.25 Å². The van der Waals surface area contributed by atoms with Gasteiger partial charge in [-0.2, -0.15) is 0 Å². The van der Waals surface area contributed by atoms with Gasteiger partial charge in [-0.15, -0.1) is 11.8 Å². The number of carbonyl (C=O) groups excluding carboxylic acids is 1. The number of thioether (sulfide) groups is 1. The maximum Gasteiger partial charge on any atom is 0.309 e. The lowest BCUT2D eigenvalue weighted by Crippen LogP contribution is -2.29. The third-order valence-electron chi connectivity index (χ3n) is 3.92. The zero-order chi connectivity index (χ0) is 16.2. The lowest BCUT2D eigenvalue weighted by atomic mass is 9.89. The van der Waals surface area contributed by atoms with Crippen molar-refractivity contribution in [3.8, 4) is 0 Å². The van der Waals surface area contributed by atoms with Crippen molar-refractivity contribution in [1.29, 1.82) is 0 Å². The number of anilines is 1. The minimum atomic E-state index is -1.05. The highest BCUT2D eigenvalue weighted by Gasteiger charge is 2.30. The van der Waals surface area contributed by atoms with Crippen molar-refractivity contribution in [2.45, 2.75) is 56.1 Å².